The fraction of sp³-hybridized carbons (Fsp3) is 0.500. The summed E-state index contributed by atoms with van der Waals surface area (Å²) in [6.07, 6.45) is 1.58. The Balaban J connectivity index is 1.86. The summed E-state index contributed by atoms with van der Waals surface area (Å²) in [5.41, 5.74) is 6.06. The molecule has 0 spiro atoms. The Morgan fingerprint density at radius 2 is 2.20 bits per heavy atom. The number of rotatable bonds is 5. The number of hydrogen-bond acceptors (Lipinski definition) is 4. The predicted molar refractivity (Wildman–Crippen MR) is 71.8 cm³/mol. The number of benzene rings is 1. The Hall–Kier alpha value is -1.66. The summed E-state index contributed by atoms with van der Waals surface area (Å²) < 4.78 is 24.1. The van der Waals surface area contributed by atoms with E-state index in [1.54, 1.807) is 12.1 Å². The highest BCUT2D eigenvalue weighted by molar-refractivity contribution is 5.77. The Morgan fingerprint density at radius 1 is 1.45 bits per heavy atom. The summed E-state index contributed by atoms with van der Waals surface area (Å²) in [5.74, 6) is -0.716. The van der Waals surface area contributed by atoms with Crippen LogP contribution in [0.3, 0.4) is 0 Å². The molecule has 1 aromatic carbocycles. The second-order valence-corrected chi connectivity index (χ2v) is 4.68. The standard InChI is InChI=1S/C14H19FN2O3/c15-12-3-1-2-10(8-16)14(12)20-9-13(18)17-11-4-6-19-7-5-11/h1-3,11H,4-9,16H2,(H,17,18). The van der Waals surface area contributed by atoms with Crippen LogP contribution in [0.15, 0.2) is 18.2 Å². The summed E-state index contributed by atoms with van der Waals surface area (Å²) in [7, 11) is 0. The van der Waals surface area contributed by atoms with Gasteiger partial charge in [-0.05, 0) is 18.9 Å². The number of nitrogens with one attached hydrogen (secondary N) is 1. The SMILES string of the molecule is NCc1cccc(F)c1OCC(=O)NC1CCOCC1. The van der Waals surface area contributed by atoms with Crippen LogP contribution < -0.4 is 15.8 Å². The number of carbonyl (C=O) groups is 1. The molecule has 20 heavy (non-hydrogen) atoms. The molecule has 3 N–H and O–H groups in total. The van der Waals surface area contributed by atoms with Gasteiger partial charge in [0.2, 0.25) is 0 Å². The normalized spacial score (nSPS) is 15.9. The van der Waals surface area contributed by atoms with Gasteiger partial charge in [-0.3, -0.25) is 4.79 Å². The van der Waals surface area contributed by atoms with Crippen molar-refractivity contribution in [1.29, 1.82) is 0 Å². The second-order valence-electron chi connectivity index (χ2n) is 4.68. The summed E-state index contributed by atoms with van der Waals surface area (Å²) in [4.78, 5) is 11.8. The molecule has 1 aromatic rings. The molecule has 6 heteroatoms. The lowest BCUT2D eigenvalue weighted by molar-refractivity contribution is -0.124. The Bertz CT molecular complexity index is 462. The number of nitrogens with two attached hydrogens (primary N) is 1. The summed E-state index contributed by atoms with van der Waals surface area (Å²) in [5, 5.41) is 2.85. The molecule has 1 aliphatic heterocycles. The first kappa shape index (κ1) is 14.7. The molecule has 1 saturated heterocycles. The molecular formula is C14H19FN2O3. The smallest absolute Gasteiger partial charge is 0.258 e. The van der Waals surface area contributed by atoms with Crippen LogP contribution in [0.25, 0.3) is 0 Å². The topological polar surface area (TPSA) is 73.6 Å². The van der Waals surface area contributed by atoms with Gasteiger partial charge in [-0.2, -0.15) is 0 Å². The van der Waals surface area contributed by atoms with Crippen LogP contribution >= 0.6 is 0 Å². The number of amides is 1. The third-order valence-electron chi connectivity index (χ3n) is 3.20. The lowest BCUT2D eigenvalue weighted by Gasteiger charge is -2.23. The lowest BCUT2D eigenvalue weighted by Crippen LogP contribution is -2.41. The molecule has 1 heterocycles. The van der Waals surface area contributed by atoms with Crippen molar-refractivity contribution in [2.75, 3.05) is 19.8 Å². The van der Waals surface area contributed by atoms with Crippen molar-refractivity contribution in [3.05, 3.63) is 29.6 Å². The maximum Gasteiger partial charge on any atom is 0.258 e. The van der Waals surface area contributed by atoms with Gasteiger partial charge in [-0.15, -0.1) is 0 Å². The molecule has 0 unspecified atom stereocenters. The zero-order valence-corrected chi connectivity index (χ0v) is 11.2. The molecule has 0 saturated carbocycles. The largest absolute Gasteiger partial charge is 0.480 e. The number of ether oxygens (including phenoxy) is 2. The number of hydrogen-bond donors (Lipinski definition) is 2. The molecule has 1 amide bonds. The van der Waals surface area contributed by atoms with E-state index in [0.717, 1.165) is 12.8 Å². The Kier molecular flexibility index (Phi) is 5.31. The van der Waals surface area contributed by atoms with Crippen molar-refractivity contribution in [1.82, 2.24) is 5.32 Å². The van der Waals surface area contributed by atoms with E-state index in [1.165, 1.54) is 6.07 Å². The zero-order valence-electron chi connectivity index (χ0n) is 11.2. The molecule has 5 nitrogen and oxygen atoms in total. The zero-order chi connectivity index (χ0) is 14.4. The molecule has 0 bridgehead atoms. The number of carbonyl (C=O) groups excluding carboxylic acids is 1. The van der Waals surface area contributed by atoms with Crippen molar-refractivity contribution in [3.8, 4) is 5.75 Å². The molecule has 0 atom stereocenters. The van der Waals surface area contributed by atoms with Gasteiger partial charge in [0.1, 0.15) is 0 Å². The van der Waals surface area contributed by atoms with Crippen LogP contribution in [0.4, 0.5) is 4.39 Å². The average Bonchev–Trinajstić information content (AvgIpc) is 2.46. The van der Waals surface area contributed by atoms with E-state index in [4.69, 9.17) is 15.2 Å². The van der Waals surface area contributed by atoms with E-state index in [0.29, 0.717) is 18.8 Å². The molecule has 0 radical (unpaired) electrons. The minimum absolute atomic E-state index is 0.0529. The Morgan fingerprint density at radius 3 is 2.90 bits per heavy atom. The van der Waals surface area contributed by atoms with Gasteiger partial charge in [0.15, 0.2) is 18.2 Å². The van der Waals surface area contributed by atoms with E-state index in [9.17, 15) is 9.18 Å². The lowest BCUT2D eigenvalue weighted by atomic mass is 10.1. The first-order chi connectivity index (χ1) is 9.70. The van der Waals surface area contributed by atoms with Gasteiger partial charge in [0, 0.05) is 31.4 Å². The first-order valence-electron chi connectivity index (χ1n) is 6.68. The number of para-hydroxylation sites is 1. The van der Waals surface area contributed by atoms with Gasteiger partial charge in [0.25, 0.3) is 5.91 Å². The minimum Gasteiger partial charge on any atom is -0.480 e. The van der Waals surface area contributed by atoms with E-state index in [2.05, 4.69) is 5.32 Å². The van der Waals surface area contributed by atoms with Crippen molar-refractivity contribution < 1.29 is 18.7 Å². The van der Waals surface area contributed by atoms with E-state index in [1.807, 2.05) is 0 Å². The van der Waals surface area contributed by atoms with E-state index in [-0.39, 0.29) is 30.9 Å². The van der Waals surface area contributed by atoms with Crippen LogP contribution in [0.5, 0.6) is 5.75 Å². The average molecular weight is 282 g/mol. The predicted octanol–water partition coefficient (Wildman–Crippen LogP) is 0.958. The molecular weight excluding hydrogens is 263 g/mol. The van der Waals surface area contributed by atoms with Crippen LogP contribution in [-0.4, -0.2) is 31.8 Å². The Labute approximate surface area is 117 Å². The van der Waals surface area contributed by atoms with Gasteiger partial charge < -0.3 is 20.5 Å². The molecule has 0 aromatic heterocycles. The maximum atomic E-state index is 13.6. The van der Waals surface area contributed by atoms with Crippen molar-refractivity contribution in [3.63, 3.8) is 0 Å². The molecule has 0 aliphatic carbocycles. The summed E-state index contributed by atoms with van der Waals surface area (Å²) >= 11 is 0. The van der Waals surface area contributed by atoms with Gasteiger partial charge >= 0.3 is 0 Å². The highest BCUT2D eigenvalue weighted by Gasteiger charge is 2.17. The highest BCUT2D eigenvalue weighted by atomic mass is 19.1. The van der Waals surface area contributed by atoms with Crippen LogP contribution in [0.2, 0.25) is 0 Å². The monoisotopic (exact) mass is 282 g/mol. The molecule has 2 rings (SSSR count). The molecule has 1 fully saturated rings. The van der Waals surface area contributed by atoms with E-state index < -0.39 is 5.82 Å². The number of halogens is 1. The van der Waals surface area contributed by atoms with Crippen LogP contribution in [0.1, 0.15) is 18.4 Å². The van der Waals surface area contributed by atoms with Gasteiger partial charge in [-0.25, -0.2) is 4.39 Å². The summed E-state index contributed by atoms with van der Waals surface area (Å²) in [6.45, 7) is 1.24. The molecule has 110 valence electrons. The maximum absolute atomic E-state index is 13.6. The third kappa shape index (κ3) is 3.91. The molecule has 1 aliphatic rings. The first-order valence-corrected chi connectivity index (χ1v) is 6.68. The summed E-state index contributed by atoms with van der Waals surface area (Å²) in [6, 6.07) is 4.63. The van der Waals surface area contributed by atoms with Gasteiger partial charge in [0.05, 0.1) is 0 Å². The minimum atomic E-state index is -0.508. The quantitative estimate of drug-likeness (QED) is 0.843. The highest BCUT2D eigenvalue weighted by Crippen LogP contribution is 2.22. The van der Waals surface area contributed by atoms with Gasteiger partial charge in [-0.1, -0.05) is 12.1 Å². The third-order valence-corrected chi connectivity index (χ3v) is 3.20. The fourth-order valence-corrected chi connectivity index (χ4v) is 2.12. The van der Waals surface area contributed by atoms with Crippen LogP contribution in [0, 0.1) is 5.82 Å². The van der Waals surface area contributed by atoms with Crippen molar-refractivity contribution in [2.45, 2.75) is 25.4 Å². The fourth-order valence-electron chi connectivity index (χ4n) is 2.12. The van der Waals surface area contributed by atoms with E-state index >= 15 is 0 Å². The van der Waals surface area contributed by atoms with Crippen molar-refractivity contribution >= 4 is 5.91 Å². The van der Waals surface area contributed by atoms with Crippen molar-refractivity contribution in [2.24, 2.45) is 5.73 Å². The second kappa shape index (κ2) is 7.21. The van der Waals surface area contributed by atoms with Crippen LogP contribution in [-0.2, 0) is 16.1 Å².